The van der Waals surface area contributed by atoms with Crippen molar-refractivity contribution in [2.75, 3.05) is 10.7 Å². The molecule has 7 nitrogen and oxygen atoms in total. The van der Waals surface area contributed by atoms with Crippen molar-refractivity contribution in [1.82, 2.24) is 9.97 Å². The summed E-state index contributed by atoms with van der Waals surface area (Å²) in [7, 11) is -3.47. The molecule has 1 N–H and O–H groups in total. The van der Waals surface area contributed by atoms with Gasteiger partial charge >= 0.3 is 0 Å². The fraction of sp³-hybridized carbons (Fsp3) is 0.429. The normalized spacial score (nSPS) is 19.6. The Kier molecular flexibility index (Phi) is 7.73. The van der Waals surface area contributed by atoms with E-state index in [1.54, 1.807) is 24.5 Å². The molecule has 0 aromatic carbocycles. The number of sulfone groups is 1. The minimum Gasteiger partial charge on any atom is -0.313 e. The monoisotopic (exact) mass is 523 g/mol. The topological polar surface area (TPSA) is 99.4 Å². The van der Waals surface area contributed by atoms with Crippen molar-refractivity contribution >= 4 is 27.6 Å². The number of aliphatic imine (C=N–C) groups is 1. The second-order valence-electron chi connectivity index (χ2n) is 10.7. The van der Waals surface area contributed by atoms with Crippen LogP contribution < -0.4 is 4.90 Å². The molecule has 0 amide bonds. The number of aromatic nitrogens is 2. The first-order valence-electron chi connectivity index (χ1n) is 12.6. The first-order valence-corrected chi connectivity index (χ1v) is 14.3. The molecule has 2 unspecified atom stereocenters. The first kappa shape index (κ1) is 26.9. The lowest BCUT2D eigenvalue weighted by molar-refractivity contribution is 0.363. The maximum Gasteiger partial charge on any atom is 0.179 e. The van der Waals surface area contributed by atoms with Gasteiger partial charge in [-0.1, -0.05) is 40.2 Å². The van der Waals surface area contributed by atoms with Crippen LogP contribution in [0.25, 0.3) is 0 Å². The standard InChI is InChI=1S/C28H34FN5O2S/c1-5-19-9-8-13-31-18-24(19)34-26(25(30)22-15-20(29)16-33-27(22)34)23-11-10-21(17-32-23)37(35,36)14-7-6-12-28(2,3)4/h8-11,13,15-19,26,30H,5-7,12,14H2,1-4H3. The second kappa shape index (κ2) is 10.7. The van der Waals surface area contributed by atoms with E-state index in [1.165, 1.54) is 12.3 Å². The Morgan fingerprint density at radius 2 is 1.92 bits per heavy atom. The number of halogens is 1. The molecule has 2 aromatic rings. The van der Waals surface area contributed by atoms with Crippen LogP contribution in [0.15, 0.2) is 64.5 Å². The van der Waals surface area contributed by atoms with E-state index in [-0.39, 0.29) is 27.7 Å². The molecule has 2 aliphatic heterocycles. The van der Waals surface area contributed by atoms with Crippen molar-refractivity contribution in [3.63, 3.8) is 0 Å². The summed E-state index contributed by atoms with van der Waals surface area (Å²) in [6.07, 6.45) is 13.1. The molecule has 0 fully saturated rings. The molecule has 2 aromatic heterocycles. The van der Waals surface area contributed by atoms with Crippen LogP contribution in [0.5, 0.6) is 0 Å². The van der Waals surface area contributed by atoms with Gasteiger partial charge in [0, 0.05) is 35.8 Å². The molecule has 0 saturated carbocycles. The Balaban J connectivity index is 1.65. The Labute approximate surface area is 218 Å². The summed E-state index contributed by atoms with van der Waals surface area (Å²) in [5.74, 6) is 0.0107. The van der Waals surface area contributed by atoms with E-state index in [0.29, 0.717) is 23.5 Å². The van der Waals surface area contributed by atoms with E-state index < -0.39 is 21.7 Å². The summed E-state index contributed by atoms with van der Waals surface area (Å²) in [6, 6.07) is 3.83. The number of fused-ring (bicyclic) bond motifs is 1. The van der Waals surface area contributed by atoms with Crippen LogP contribution in [0.2, 0.25) is 0 Å². The highest BCUT2D eigenvalue weighted by molar-refractivity contribution is 7.91. The van der Waals surface area contributed by atoms with Gasteiger partial charge < -0.3 is 10.3 Å². The lowest BCUT2D eigenvalue weighted by Crippen LogP contribution is -2.31. The van der Waals surface area contributed by atoms with E-state index in [4.69, 9.17) is 5.41 Å². The zero-order valence-corrected chi connectivity index (χ0v) is 22.6. The van der Waals surface area contributed by atoms with Crippen LogP contribution in [0, 0.1) is 22.6 Å². The van der Waals surface area contributed by atoms with Gasteiger partial charge in [0.25, 0.3) is 0 Å². The van der Waals surface area contributed by atoms with Crippen LogP contribution in [-0.2, 0) is 9.84 Å². The Hall–Kier alpha value is -3.20. The molecule has 37 heavy (non-hydrogen) atoms. The van der Waals surface area contributed by atoms with Gasteiger partial charge in [0.1, 0.15) is 17.7 Å². The van der Waals surface area contributed by atoms with E-state index in [1.807, 2.05) is 17.1 Å². The average Bonchev–Trinajstić information content (AvgIpc) is 2.98. The molecule has 0 aliphatic carbocycles. The van der Waals surface area contributed by atoms with Crippen molar-refractivity contribution in [3.8, 4) is 0 Å². The van der Waals surface area contributed by atoms with Crippen molar-refractivity contribution in [1.29, 1.82) is 5.41 Å². The molecule has 9 heteroatoms. The highest BCUT2D eigenvalue weighted by atomic mass is 32.2. The summed E-state index contributed by atoms with van der Waals surface area (Å²) in [5.41, 5.74) is 2.01. The highest BCUT2D eigenvalue weighted by Crippen LogP contribution is 2.43. The van der Waals surface area contributed by atoms with Gasteiger partial charge in [-0.25, -0.2) is 17.8 Å². The molecule has 0 spiro atoms. The van der Waals surface area contributed by atoms with Crippen LogP contribution in [-0.4, -0.2) is 36.1 Å². The lowest BCUT2D eigenvalue weighted by atomic mass is 9.90. The lowest BCUT2D eigenvalue weighted by Gasteiger charge is -2.31. The Bertz CT molecular complexity index is 1360. The van der Waals surface area contributed by atoms with Gasteiger partial charge in [0.2, 0.25) is 0 Å². The molecule has 2 atom stereocenters. The predicted molar refractivity (Wildman–Crippen MR) is 145 cm³/mol. The molecular formula is C28H34FN5O2S. The Morgan fingerprint density at radius 1 is 1.14 bits per heavy atom. The van der Waals surface area contributed by atoms with Gasteiger partial charge in [-0.3, -0.25) is 9.98 Å². The number of nitrogens with one attached hydrogen (secondary N) is 1. The zero-order chi connectivity index (χ0) is 26.8. The number of nitrogens with zero attached hydrogens (tertiary/aromatic N) is 4. The smallest absolute Gasteiger partial charge is 0.179 e. The average molecular weight is 524 g/mol. The number of anilines is 1. The predicted octanol–water partition coefficient (Wildman–Crippen LogP) is 6.04. The maximum atomic E-state index is 14.1. The van der Waals surface area contributed by atoms with E-state index in [9.17, 15) is 12.8 Å². The number of pyridine rings is 2. The number of rotatable bonds is 8. The van der Waals surface area contributed by atoms with Crippen LogP contribution in [0.1, 0.15) is 70.7 Å². The Morgan fingerprint density at radius 3 is 2.59 bits per heavy atom. The molecule has 0 radical (unpaired) electrons. The number of hydrogen-bond acceptors (Lipinski definition) is 7. The quantitative estimate of drug-likeness (QED) is 0.425. The molecule has 4 heterocycles. The second-order valence-corrected chi connectivity index (χ2v) is 12.8. The van der Waals surface area contributed by atoms with Crippen LogP contribution in [0.3, 0.4) is 0 Å². The molecule has 0 saturated heterocycles. The summed E-state index contributed by atoms with van der Waals surface area (Å²) in [5, 5.41) is 8.90. The molecule has 2 aliphatic rings. The minimum atomic E-state index is -3.47. The third-order valence-corrected chi connectivity index (χ3v) is 8.48. The number of allylic oxidation sites excluding steroid dienone is 2. The van der Waals surface area contributed by atoms with Gasteiger partial charge in [-0.15, -0.1) is 0 Å². The van der Waals surface area contributed by atoms with Gasteiger partial charge in [0.05, 0.1) is 28.3 Å². The first-order chi connectivity index (χ1) is 17.5. The molecule has 0 bridgehead atoms. The highest BCUT2D eigenvalue weighted by Gasteiger charge is 2.41. The fourth-order valence-electron chi connectivity index (χ4n) is 4.71. The van der Waals surface area contributed by atoms with Gasteiger partial charge in [-0.2, -0.15) is 0 Å². The molecule has 4 rings (SSSR count). The van der Waals surface area contributed by atoms with Crippen molar-refractivity contribution in [3.05, 3.63) is 71.7 Å². The van der Waals surface area contributed by atoms with E-state index in [0.717, 1.165) is 31.2 Å². The SMILES string of the molecule is CCC1C=CC=NC=C1N1c2ncc(F)cc2C(=N)C1c1ccc(S(=O)(=O)CCCCC(C)(C)C)cn1. The summed E-state index contributed by atoms with van der Waals surface area (Å²) in [6.45, 7) is 8.50. The number of hydrogen-bond donors (Lipinski definition) is 1. The molecular weight excluding hydrogens is 489 g/mol. The summed E-state index contributed by atoms with van der Waals surface area (Å²) < 4.78 is 40.0. The zero-order valence-electron chi connectivity index (χ0n) is 21.8. The van der Waals surface area contributed by atoms with E-state index >= 15 is 0 Å². The third-order valence-electron chi connectivity index (χ3n) is 6.69. The maximum absolute atomic E-state index is 14.1. The third kappa shape index (κ3) is 5.87. The summed E-state index contributed by atoms with van der Waals surface area (Å²) in [4.78, 5) is 15.2. The largest absolute Gasteiger partial charge is 0.313 e. The van der Waals surface area contributed by atoms with Crippen molar-refractivity contribution in [2.45, 2.75) is 64.3 Å². The van der Waals surface area contributed by atoms with Gasteiger partial charge in [0.15, 0.2) is 9.84 Å². The van der Waals surface area contributed by atoms with Gasteiger partial charge in [-0.05, 0) is 49.0 Å². The van der Waals surface area contributed by atoms with Crippen LogP contribution in [0.4, 0.5) is 10.2 Å². The molecule has 196 valence electrons. The van der Waals surface area contributed by atoms with Crippen molar-refractivity contribution in [2.24, 2.45) is 16.3 Å². The minimum absolute atomic E-state index is 0.00310. The van der Waals surface area contributed by atoms with Crippen LogP contribution >= 0.6 is 0 Å². The van der Waals surface area contributed by atoms with Crippen molar-refractivity contribution < 1.29 is 12.8 Å². The fourth-order valence-corrected chi connectivity index (χ4v) is 6.02. The van der Waals surface area contributed by atoms with E-state index in [2.05, 4.69) is 42.7 Å². The number of unbranched alkanes of at least 4 members (excludes halogenated alkanes) is 1. The summed E-state index contributed by atoms with van der Waals surface area (Å²) >= 11 is 0.